The quantitative estimate of drug-likeness (QED) is 0.795. The van der Waals surface area contributed by atoms with Gasteiger partial charge >= 0.3 is 6.03 Å². The van der Waals surface area contributed by atoms with Crippen LogP contribution in [-0.2, 0) is 4.74 Å². The molecular weight excluding hydrogens is 220 g/mol. The highest BCUT2D eigenvalue weighted by molar-refractivity contribution is 5.74. The summed E-state index contributed by atoms with van der Waals surface area (Å²) >= 11 is 0. The van der Waals surface area contributed by atoms with Crippen molar-refractivity contribution in [3.63, 3.8) is 0 Å². The zero-order chi connectivity index (χ0) is 12.8. The number of nitrogens with zero attached hydrogens (tertiary/aromatic N) is 2. The van der Waals surface area contributed by atoms with Crippen LogP contribution >= 0.6 is 0 Å². The molecular formula is C12H24N2O3. The maximum atomic E-state index is 12.0. The van der Waals surface area contributed by atoms with Crippen molar-refractivity contribution in [2.45, 2.75) is 25.9 Å². The molecule has 100 valence electrons. The summed E-state index contributed by atoms with van der Waals surface area (Å²) in [4.78, 5) is 15.5. The van der Waals surface area contributed by atoms with E-state index in [-0.39, 0.29) is 12.6 Å². The van der Waals surface area contributed by atoms with Crippen LogP contribution in [0.5, 0.6) is 0 Å². The number of likely N-dealkylation sites (N-methyl/N-ethyl adjacent to an activating group) is 1. The second-order valence-corrected chi connectivity index (χ2v) is 4.94. The Morgan fingerprint density at radius 3 is 2.65 bits per heavy atom. The van der Waals surface area contributed by atoms with Gasteiger partial charge in [-0.3, -0.25) is 0 Å². The number of aliphatic hydroxyl groups is 1. The number of hydrogen-bond donors (Lipinski definition) is 1. The Hall–Kier alpha value is -0.810. The van der Waals surface area contributed by atoms with Gasteiger partial charge in [0.05, 0.1) is 19.3 Å². The average Bonchev–Trinajstić information content (AvgIpc) is 2.29. The molecule has 1 unspecified atom stereocenters. The molecule has 1 heterocycles. The molecule has 5 nitrogen and oxygen atoms in total. The Kier molecular flexibility index (Phi) is 5.71. The van der Waals surface area contributed by atoms with Crippen molar-refractivity contribution >= 4 is 6.03 Å². The second kappa shape index (κ2) is 6.81. The van der Waals surface area contributed by atoms with Crippen LogP contribution in [-0.4, -0.2) is 67.4 Å². The first kappa shape index (κ1) is 14.3. The molecule has 1 aliphatic heterocycles. The minimum atomic E-state index is -0.613. The molecule has 5 heteroatoms. The summed E-state index contributed by atoms with van der Waals surface area (Å²) in [6, 6.07) is 0.00653. The molecule has 0 aromatic heterocycles. The molecule has 1 rings (SSSR count). The predicted octanol–water partition coefficient (Wildman–Crippen LogP) is 0.777. The minimum absolute atomic E-state index is 0.00653. The Bertz CT molecular complexity index is 240. The van der Waals surface area contributed by atoms with Crippen LogP contribution in [0.4, 0.5) is 4.79 Å². The topological polar surface area (TPSA) is 53.0 Å². The molecule has 0 aromatic carbocycles. The van der Waals surface area contributed by atoms with Crippen LogP contribution in [0.15, 0.2) is 0 Å². The highest BCUT2D eigenvalue weighted by atomic mass is 16.5. The van der Waals surface area contributed by atoms with Crippen LogP contribution in [0.2, 0.25) is 0 Å². The van der Waals surface area contributed by atoms with Crippen molar-refractivity contribution in [1.29, 1.82) is 0 Å². The lowest BCUT2D eigenvalue weighted by atomic mass is 10.00. The largest absolute Gasteiger partial charge is 0.389 e. The lowest BCUT2D eigenvalue weighted by Gasteiger charge is -2.34. The Morgan fingerprint density at radius 2 is 2.12 bits per heavy atom. The molecule has 0 spiro atoms. The van der Waals surface area contributed by atoms with Gasteiger partial charge in [-0.15, -0.1) is 0 Å². The minimum Gasteiger partial charge on any atom is -0.389 e. The first-order chi connectivity index (χ1) is 8.04. The van der Waals surface area contributed by atoms with Crippen molar-refractivity contribution in [1.82, 2.24) is 9.80 Å². The number of amides is 2. The summed E-state index contributed by atoms with van der Waals surface area (Å²) in [5, 5.41) is 9.57. The number of hydrogen-bond acceptors (Lipinski definition) is 3. The summed E-state index contributed by atoms with van der Waals surface area (Å²) in [6.45, 7) is 4.44. The normalized spacial score (nSPS) is 19.2. The molecule has 1 aliphatic rings. The Morgan fingerprint density at radius 1 is 1.53 bits per heavy atom. The van der Waals surface area contributed by atoms with Gasteiger partial charge in [0.15, 0.2) is 0 Å². The lowest BCUT2D eigenvalue weighted by molar-refractivity contribution is 0.0439. The van der Waals surface area contributed by atoms with Gasteiger partial charge in [0.1, 0.15) is 0 Å². The highest BCUT2D eigenvalue weighted by Gasteiger charge is 2.23. The van der Waals surface area contributed by atoms with Crippen LogP contribution in [0.1, 0.15) is 19.8 Å². The third kappa shape index (κ3) is 4.52. The number of piperidine rings is 1. The van der Waals surface area contributed by atoms with Gasteiger partial charge in [0.2, 0.25) is 0 Å². The molecule has 2 amide bonds. The number of rotatable bonds is 4. The van der Waals surface area contributed by atoms with Crippen molar-refractivity contribution in [3.05, 3.63) is 0 Å². The van der Waals surface area contributed by atoms with Crippen LogP contribution < -0.4 is 0 Å². The van der Waals surface area contributed by atoms with Crippen LogP contribution in [0.25, 0.3) is 0 Å². The van der Waals surface area contributed by atoms with Crippen molar-refractivity contribution in [3.8, 4) is 0 Å². The van der Waals surface area contributed by atoms with Gasteiger partial charge in [-0.05, 0) is 18.8 Å². The van der Waals surface area contributed by atoms with Gasteiger partial charge in [0.25, 0.3) is 0 Å². The van der Waals surface area contributed by atoms with Crippen molar-refractivity contribution in [2.24, 2.45) is 5.92 Å². The molecule has 0 radical (unpaired) electrons. The maximum Gasteiger partial charge on any atom is 0.319 e. The monoisotopic (exact) mass is 244 g/mol. The Balaban J connectivity index is 2.35. The van der Waals surface area contributed by atoms with E-state index < -0.39 is 6.10 Å². The highest BCUT2D eigenvalue weighted by Crippen LogP contribution is 2.16. The van der Waals surface area contributed by atoms with Crippen molar-refractivity contribution in [2.75, 3.05) is 40.4 Å². The standard InChI is InChI=1S/C12H24N2O3/c1-10-4-6-14(7-5-10)12(16)13(2)8-11(15)9-17-3/h10-11,15H,4-9H2,1-3H3. The molecule has 1 N–H and O–H groups in total. The number of urea groups is 1. The molecule has 0 aromatic rings. The SMILES string of the molecule is COCC(O)CN(C)C(=O)N1CCC(C)CC1. The van der Waals surface area contributed by atoms with Gasteiger partial charge in [-0.1, -0.05) is 6.92 Å². The Labute approximate surface area is 103 Å². The number of methoxy groups -OCH3 is 1. The smallest absolute Gasteiger partial charge is 0.319 e. The predicted molar refractivity (Wildman–Crippen MR) is 65.9 cm³/mol. The van der Waals surface area contributed by atoms with E-state index in [1.54, 1.807) is 11.9 Å². The molecule has 0 saturated carbocycles. The van der Waals surface area contributed by atoms with E-state index in [1.807, 2.05) is 4.90 Å². The van der Waals surface area contributed by atoms with Crippen LogP contribution in [0, 0.1) is 5.92 Å². The summed E-state index contributed by atoms with van der Waals surface area (Å²) in [5.41, 5.74) is 0. The van der Waals surface area contributed by atoms with Gasteiger partial charge in [0, 0.05) is 27.2 Å². The summed E-state index contributed by atoms with van der Waals surface area (Å²) in [6.07, 6.45) is 1.53. The first-order valence-electron chi connectivity index (χ1n) is 6.21. The molecule has 17 heavy (non-hydrogen) atoms. The van der Waals surface area contributed by atoms with Crippen molar-refractivity contribution < 1.29 is 14.6 Å². The molecule has 0 bridgehead atoms. The van der Waals surface area contributed by atoms with E-state index in [0.29, 0.717) is 12.5 Å². The van der Waals surface area contributed by atoms with E-state index in [9.17, 15) is 9.90 Å². The molecule has 0 aliphatic carbocycles. The summed E-state index contributed by atoms with van der Waals surface area (Å²) in [5.74, 6) is 0.712. The number of aliphatic hydroxyl groups excluding tert-OH is 1. The number of carbonyl (C=O) groups excluding carboxylic acids is 1. The van der Waals surface area contributed by atoms with E-state index >= 15 is 0 Å². The zero-order valence-corrected chi connectivity index (χ0v) is 11.1. The average molecular weight is 244 g/mol. The van der Waals surface area contributed by atoms with Gasteiger partial charge in [-0.25, -0.2) is 4.79 Å². The number of carbonyl (C=O) groups is 1. The fourth-order valence-electron chi connectivity index (χ4n) is 2.08. The van der Waals surface area contributed by atoms with Gasteiger partial charge in [-0.2, -0.15) is 0 Å². The first-order valence-corrected chi connectivity index (χ1v) is 6.21. The number of ether oxygens (including phenoxy) is 1. The lowest BCUT2D eigenvalue weighted by Crippen LogP contribution is -2.47. The third-order valence-electron chi connectivity index (χ3n) is 3.22. The fourth-order valence-corrected chi connectivity index (χ4v) is 2.08. The second-order valence-electron chi connectivity index (χ2n) is 4.94. The summed E-state index contributed by atoms with van der Waals surface area (Å²) in [7, 11) is 3.26. The summed E-state index contributed by atoms with van der Waals surface area (Å²) < 4.78 is 4.84. The molecule has 1 fully saturated rings. The number of likely N-dealkylation sites (tertiary alicyclic amines) is 1. The van der Waals surface area contributed by atoms with E-state index in [4.69, 9.17) is 4.74 Å². The van der Waals surface area contributed by atoms with E-state index in [1.165, 1.54) is 7.11 Å². The third-order valence-corrected chi connectivity index (χ3v) is 3.22. The van der Waals surface area contributed by atoms with Crippen LogP contribution in [0.3, 0.4) is 0 Å². The van der Waals surface area contributed by atoms with E-state index in [0.717, 1.165) is 25.9 Å². The van der Waals surface area contributed by atoms with E-state index in [2.05, 4.69) is 6.92 Å². The molecule has 1 atom stereocenters. The molecule has 1 saturated heterocycles. The maximum absolute atomic E-state index is 12.0. The van der Waals surface area contributed by atoms with Gasteiger partial charge < -0.3 is 19.6 Å². The zero-order valence-electron chi connectivity index (χ0n) is 11.1. The fraction of sp³-hybridized carbons (Fsp3) is 0.917.